The highest BCUT2D eigenvalue weighted by Gasteiger charge is 2.48. The molecular formula is C10H17F2NO3. The second-order valence-electron chi connectivity index (χ2n) is 4.20. The Morgan fingerprint density at radius 3 is 2.56 bits per heavy atom. The number of carboxylic acids is 1. The topological polar surface area (TPSA) is 58.6 Å². The predicted octanol–water partition coefficient (Wildman–Crippen LogP) is 1.11. The highest BCUT2D eigenvalue weighted by Crippen LogP contribution is 2.40. The Labute approximate surface area is 93.0 Å². The van der Waals surface area contributed by atoms with Crippen LogP contribution in [-0.4, -0.2) is 42.8 Å². The molecule has 0 radical (unpaired) electrons. The number of carbonyl (C=O) groups is 1. The van der Waals surface area contributed by atoms with Gasteiger partial charge in [-0.25, -0.2) is 8.78 Å². The van der Waals surface area contributed by atoms with Gasteiger partial charge in [-0.05, 0) is 25.7 Å². The Kier molecular flexibility index (Phi) is 4.21. The van der Waals surface area contributed by atoms with Crippen molar-refractivity contribution in [3.8, 4) is 0 Å². The summed E-state index contributed by atoms with van der Waals surface area (Å²) in [6.07, 6.45) is 0.395. The van der Waals surface area contributed by atoms with Crippen LogP contribution in [0.3, 0.4) is 0 Å². The van der Waals surface area contributed by atoms with E-state index in [0.29, 0.717) is 0 Å². The van der Waals surface area contributed by atoms with Gasteiger partial charge < -0.3 is 9.84 Å². The largest absolute Gasteiger partial charge is 0.480 e. The van der Waals surface area contributed by atoms with E-state index in [4.69, 9.17) is 9.84 Å². The average molecular weight is 237 g/mol. The van der Waals surface area contributed by atoms with Crippen LogP contribution in [-0.2, 0) is 9.53 Å². The monoisotopic (exact) mass is 237 g/mol. The molecule has 4 nitrogen and oxygen atoms in total. The maximum Gasteiger partial charge on any atom is 0.320 e. The van der Waals surface area contributed by atoms with E-state index < -0.39 is 30.6 Å². The van der Waals surface area contributed by atoms with E-state index in [2.05, 4.69) is 5.32 Å². The average Bonchev–Trinajstić information content (AvgIpc) is 2.99. The molecule has 0 spiro atoms. The first kappa shape index (κ1) is 13.3. The van der Waals surface area contributed by atoms with Crippen LogP contribution in [0, 0.1) is 5.92 Å². The molecule has 1 saturated carbocycles. The molecule has 1 aliphatic rings. The van der Waals surface area contributed by atoms with Gasteiger partial charge in [0.2, 0.25) is 0 Å². The third kappa shape index (κ3) is 3.38. The fraction of sp³-hybridized carbons (Fsp3) is 0.900. The van der Waals surface area contributed by atoms with Crippen LogP contribution in [0.15, 0.2) is 0 Å². The summed E-state index contributed by atoms with van der Waals surface area (Å²) in [6, 6.07) is -0.984. The molecule has 94 valence electrons. The first-order valence-corrected chi connectivity index (χ1v) is 5.25. The summed E-state index contributed by atoms with van der Waals surface area (Å²) in [4.78, 5) is 10.5. The summed E-state index contributed by atoms with van der Waals surface area (Å²) < 4.78 is 32.0. The zero-order valence-corrected chi connectivity index (χ0v) is 9.37. The lowest BCUT2D eigenvalue weighted by Gasteiger charge is -2.26. The SMILES string of the molecule is COC(C1CC1)C(F)(F)CNC(C)C(=O)O. The molecule has 6 heteroatoms. The molecule has 1 aliphatic carbocycles. The number of ether oxygens (including phenoxy) is 1. The van der Waals surface area contributed by atoms with Crippen molar-refractivity contribution < 1.29 is 23.4 Å². The minimum Gasteiger partial charge on any atom is -0.480 e. The van der Waals surface area contributed by atoms with E-state index in [1.165, 1.54) is 14.0 Å². The molecule has 0 aromatic rings. The van der Waals surface area contributed by atoms with Crippen molar-refractivity contribution in [1.29, 1.82) is 0 Å². The van der Waals surface area contributed by atoms with Crippen molar-refractivity contribution in [2.24, 2.45) is 5.92 Å². The molecule has 0 saturated heterocycles. The molecular weight excluding hydrogens is 220 g/mol. The molecule has 0 bridgehead atoms. The van der Waals surface area contributed by atoms with Gasteiger partial charge in [-0.1, -0.05) is 0 Å². The van der Waals surface area contributed by atoms with Gasteiger partial charge in [-0.3, -0.25) is 10.1 Å². The summed E-state index contributed by atoms with van der Waals surface area (Å²) in [5.41, 5.74) is 0. The van der Waals surface area contributed by atoms with Gasteiger partial charge in [0.05, 0.1) is 6.54 Å². The van der Waals surface area contributed by atoms with Gasteiger partial charge in [0.25, 0.3) is 5.92 Å². The number of hydrogen-bond donors (Lipinski definition) is 2. The lowest BCUT2D eigenvalue weighted by atomic mass is 10.1. The standard InChI is InChI=1S/C10H17F2NO3/c1-6(9(14)15)13-5-10(11,12)8(16-2)7-3-4-7/h6-8,13H,3-5H2,1-2H3,(H,14,15). The zero-order chi connectivity index (χ0) is 12.3. The van der Waals surface area contributed by atoms with Gasteiger partial charge in [-0.15, -0.1) is 0 Å². The van der Waals surface area contributed by atoms with Crippen LogP contribution in [0.2, 0.25) is 0 Å². The Balaban J connectivity index is 2.45. The normalized spacial score (nSPS) is 20.5. The van der Waals surface area contributed by atoms with Crippen LogP contribution in [0.4, 0.5) is 8.78 Å². The minimum absolute atomic E-state index is 0.0954. The van der Waals surface area contributed by atoms with Crippen molar-refractivity contribution >= 4 is 5.97 Å². The quantitative estimate of drug-likeness (QED) is 0.696. The Morgan fingerprint density at radius 2 is 2.19 bits per heavy atom. The molecule has 2 N–H and O–H groups in total. The fourth-order valence-electron chi connectivity index (χ4n) is 1.59. The van der Waals surface area contributed by atoms with E-state index in [-0.39, 0.29) is 5.92 Å². The highest BCUT2D eigenvalue weighted by atomic mass is 19.3. The van der Waals surface area contributed by atoms with E-state index in [1.807, 2.05) is 0 Å². The second kappa shape index (κ2) is 5.05. The molecule has 1 fully saturated rings. The summed E-state index contributed by atoms with van der Waals surface area (Å²) in [5, 5.41) is 10.8. The van der Waals surface area contributed by atoms with Gasteiger partial charge in [-0.2, -0.15) is 0 Å². The number of aliphatic carboxylic acids is 1. The molecule has 2 atom stereocenters. The molecule has 16 heavy (non-hydrogen) atoms. The number of nitrogens with one attached hydrogen (secondary N) is 1. The van der Waals surface area contributed by atoms with Crippen molar-refractivity contribution in [3.05, 3.63) is 0 Å². The maximum atomic E-state index is 13.6. The Hall–Kier alpha value is -0.750. The molecule has 2 unspecified atom stereocenters. The third-order valence-corrected chi connectivity index (χ3v) is 2.73. The highest BCUT2D eigenvalue weighted by molar-refractivity contribution is 5.72. The van der Waals surface area contributed by atoms with E-state index >= 15 is 0 Å². The number of halogens is 2. The fourth-order valence-corrected chi connectivity index (χ4v) is 1.59. The van der Waals surface area contributed by atoms with Crippen LogP contribution in [0.1, 0.15) is 19.8 Å². The number of alkyl halides is 2. The summed E-state index contributed by atoms with van der Waals surface area (Å²) in [7, 11) is 1.26. The maximum absolute atomic E-state index is 13.6. The smallest absolute Gasteiger partial charge is 0.320 e. The van der Waals surface area contributed by atoms with Gasteiger partial charge in [0.15, 0.2) is 0 Å². The van der Waals surface area contributed by atoms with Crippen molar-refractivity contribution in [1.82, 2.24) is 5.32 Å². The molecule has 0 amide bonds. The molecule has 0 heterocycles. The molecule has 1 rings (SSSR count). The lowest BCUT2D eigenvalue weighted by Crippen LogP contribution is -2.48. The van der Waals surface area contributed by atoms with Gasteiger partial charge in [0.1, 0.15) is 12.1 Å². The van der Waals surface area contributed by atoms with Crippen molar-refractivity contribution in [2.75, 3.05) is 13.7 Å². The van der Waals surface area contributed by atoms with Crippen molar-refractivity contribution in [2.45, 2.75) is 37.8 Å². The van der Waals surface area contributed by atoms with Crippen LogP contribution in [0.25, 0.3) is 0 Å². The number of rotatable bonds is 7. The van der Waals surface area contributed by atoms with E-state index in [1.54, 1.807) is 0 Å². The van der Waals surface area contributed by atoms with E-state index in [9.17, 15) is 13.6 Å². The lowest BCUT2D eigenvalue weighted by molar-refractivity contribution is -0.143. The number of methoxy groups -OCH3 is 1. The van der Waals surface area contributed by atoms with E-state index in [0.717, 1.165) is 12.8 Å². The summed E-state index contributed by atoms with van der Waals surface area (Å²) in [6.45, 7) is 0.660. The van der Waals surface area contributed by atoms with Gasteiger partial charge in [0, 0.05) is 7.11 Å². The molecule has 0 aromatic heterocycles. The van der Waals surface area contributed by atoms with Crippen LogP contribution >= 0.6 is 0 Å². The Bertz CT molecular complexity index is 256. The molecule has 0 aliphatic heterocycles. The van der Waals surface area contributed by atoms with Crippen LogP contribution < -0.4 is 5.32 Å². The van der Waals surface area contributed by atoms with Crippen molar-refractivity contribution in [3.63, 3.8) is 0 Å². The summed E-state index contributed by atoms with van der Waals surface area (Å²) >= 11 is 0. The first-order chi connectivity index (χ1) is 7.38. The molecule has 0 aromatic carbocycles. The second-order valence-corrected chi connectivity index (χ2v) is 4.20. The predicted molar refractivity (Wildman–Crippen MR) is 53.6 cm³/mol. The van der Waals surface area contributed by atoms with Crippen LogP contribution in [0.5, 0.6) is 0 Å². The zero-order valence-electron chi connectivity index (χ0n) is 9.37. The van der Waals surface area contributed by atoms with Gasteiger partial charge >= 0.3 is 5.97 Å². The first-order valence-electron chi connectivity index (χ1n) is 5.25. The summed E-state index contributed by atoms with van der Waals surface area (Å²) in [5.74, 6) is -4.27. The number of carboxylic acid groups (broad SMARTS) is 1. The minimum atomic E-state index is -3.03. The number of hydrogen-bond acceptors (Lipinski definition) is 3. The third-order valence-electron chi connectivity index (χ3n) is 2.73. The Morgan fingerprint density at radius 1 is 1.62 bits per heavy atom.